The standard InChI is InChI=1S/C15H17ClN6S/c1-17-23-9-4-5-12(22(2)3)11(6-9)21-15-13-10(16)7-18-14(13)19-8-20-15/h4-8,17H,1-3H3,(H2,18,19,20,21). The van der Waals surface area contributed by atoms with Gasteiger partial charge in [-0.05, 0) is 37.2 Å². The van der Waals surface area contributed by atoms with Crippen molar-refractivity contribution in [1.82, 2.24) is 19.7 Å². The van der Waals surface area contributed by atoms with Crippen molar-refractivity contribution in [3.63, 3.8) is 0 Å². The van der Waals surface area contributed by atoms with Crippen molar-refractivity contribution in [3.8, 4) is 0 Å². The third-order valence-electron chi connectivity index (χ3n) is 3.34. The zero-order valence-electron chi connectivity index (χ0n) is 13.0. The highest BCUT2D eigenvalue weighted by Gasteiger charge is 2.13. The fourth-order valence-electron chi connectivity index (χ4n) is 2.33. The van der Waals surface area contributed by atoms with E-state index in [1.54, 1.807) is 18.1 Å². The van der Waals surface area contributed by atoms with Gasteiger partial charge < -0.3 is 15.2 Å². The van der Waals surface area contributed by atoms with Gasteiger partial charge in [0.15, 0.2) is 0 Å². The quantitative estimate of drug-likeness (QED) is 0.611. The normalized spacial score (nSPS) is 11.0. The first-order valence-corrected chi connectivity index (χ1v) is 8.19. The first kappa shape index (κ1) is 15.9. The SMILES string of the molecule is CNSc1ccc(N(C)C)c(Nc2ncnc3[nH]cc(Cl)c23)c1. The van der Waals surface area contributed by atoms with Crippen LogP contribution in [0.3, 0.4) is 0 Å². The molecule has 0 aliphatic carbocycles. The molecule has 6 nitrogen and oxygen atoms in total. The van der Waals surface area contributed by atoms with Crippen LogP contribution in [0.1, 0.15) is 0 Å². The summed E-state index contributed by atoms with van der Waals surface area (Å²) in [6.45, 7) is 0. The van der Waals surface area contributed by atoms with Gasteiger partial charge in [0.2, 0.25) is 0 Å². The van der Waals surface area contributed by atoms with Gasteiger partial charge in [0.25, 0.3) is 0 Å². The Balaban J connectivity index is 2.06. The number of hydrogen-bond donors (Lipinski definition) is 3. The molecule has 1 aromatic carbocycles. The zero-order chi connectivity index (χ0) is 16.4. The summed E-state index contributed by atoms with van der Waals surface area (Å²) in [4.78, 5) is 14.7. The maximum Gasteiger partial charge on any atom is 0.144 e. The molecule has 0 spiro atoms. The second-order valence-corrected chi connectivity index (χ2v) is 6.58. The highest BCUT2D eigenvalue weighted by atomic mass is 35.5. The maximum absolute atomic E-state index is 6.25. The third-order valence-corrected chi connectivity index (χ3v) is 4.34. The van der Waals surface area contributed by atoms with Gasteiger partial charge >= 0.3 is 0 Å². The average Bonchev–Trinajstić information content (AvgIpc) is 2.90. The van der Waals surface area contributed by atoms with Crippen LogP contribution in [0.2, 0.25) is 5.02 Å². The maximum atomic E-state index is 6.25. The Bertz CT molecular complexity index is 832. The molecular weight excluding hydrogens is 332 g/mol. The van der Waals surface area contributed by atoms with Gasteiger partial charge in [0.1, 0.15) is 17.8 Å². The van der Waals surface area contributed by atoms with Crippen LogP contribution in [0.4, 0.5) is 17.2 Å². The number of rotatable bonds is 5. The first-order valence-electron chi connectivity index (χ1n) is 6.99. The molecule has 0 radical (unpaired) electrons. The van der Waals surface area contributed by atoms with Gasteiger partial charge in [0.05, 0.1) is 21.8 Å². The van der Waals surface area contributed by atoms with Gasteiger partial charge in [-0.3, -0.25) is 4.72 Å². The van der Waals surface area contributed by atoms with Gasteiger partial charge in [-0.25, -0.2) is 9.97 Å². The van der Waals surface area contributed by atoms with Crippen LogP contribution in [0, 0.1) is 0 Å². The van der Waals surface area contributed by atoms with Gasteiger partial charge in [-0.15, -0.1) is 0 Å². The van der Waals surface area contributed by atoms with E-state index < -0.39 is 0 Å². The Morgan fingerprint density at radius 3 is 2.83 bits per heavy atom. The van der Waals surface area contributed by atoms with E-state index in [1.165, 1.54) is 6.33 Å². The van der Waals surface area contributed by atoms with Crippen molar-refractivity contribution in [2.45, 2.75) is 4.90 Å². The zero-order valence-corrected chi connectivity index (χ0v) is 14.6. The smallest absolute Gasteiger partial charge is 0.144 e. The van der Waals surface area contributed by atoms with Crippen LogP contribution < -0.4 is 14.9 Å². The summed E-state index contributed by atoms with van der Waals surface area (Å²) in [5.41, 5.74) is 2.72. The lowest BCUT2D eigenvalue weighted by Crippen LogP contribution is -2.11. The van der Waals surface area contributed by atoms with E-state index in [1.807, 2.05) is 26.0 Å². The van der Waals surface area contributed by atoms with E-state index in [4.69, 9.17) is 11.6 Å². The second kappa shape index (κ2) is 6.66. The lowest BCUT2D eigenvalue weighted by atomic mass is 10.2. The largest absolute Gasteiger partial charge is 0.376 e. The van der Waals surface area contributed by atoms with Crippen molar-refractivity contribution >= 4 is 51.8 Å². The second-order valence-electron chi connectivity index (χ2n) is 5.09. The van der Waals surface area contributed by atoms with Crippen LogP contribution in [-0.2, 0) is 0 Å². The Hall–Kier alpha value is -1.96. The Labute approximate surface area is 143 Å². The summed E-state index contributed by atoms with van der Waals surface area (Å²) in [5, 5.41) is 4.76. The molecule has 0 saturated heterocycles. The summed E-state index contributed by atoms with van der Waals surface area (Å²) in [6, 6.07) is 6.21. The highest BCUT2D eigenvalue weighted by Crippen LogP contribution is 2.34. The molecule has 0 aliphatic rings. The molecule has 120 valence electrons. The minimum absolute atomic E-state index is 0.593. The predicted molar refractivity (Wildman–Crippen MR) is 97.9 cm³/mol. The third kappa shape index (κ3) is 3.21. The lowest BCUT2D eigenvalue weighted by Gasteiger charge is -2.19. The lowest BCUT2D eigenvalue weighted by molar-refractivity contribution is 1.12. The van der Waals surface area contributed by atoms with Crippen molar-refractivity contribution in [3.05, 3.63) is 35.7 Å². The van der Waals surface area contributed by atoms with Crippen LogP contribution in [0.5, 0.6) is 0 Å². The monoisotopic (exact) mass is 348 g/mol. The van der Waals surface area contributed by atoms with Crippen LogP contribution in [0.25, 0.3) is 11.0 Å². The molecule has 3 rings (SSSR count). The summed E-state index contributed by atoms with van der Waals surface area (Å²) in [7, 11) is 5.90. The molecule has 0 bridgehead atoms. The molecule has 0 fully saturated rings. The van der Waals surface area contributed by atoms with Gasteiger partial charge in [0, 0.05) is 25.2 Å². The molecule has 3 N–H and O–H groups in total. The Kier molecular flexibility index (Phi) is 4.61. The topological polar surface area (TPSA) is 68.9 Å². The van der Waals surface area contributed by atoms with Crippen LogP contribution in [0.15, 0.2) is 35.6 Å². The number of nitrogens with one attached hydrogen (secondary N) is 3. The number of fused-ring (bicyclic) bond motifs is 1. The average molecular weight is 349 g/mol. The molecular formula is C15H17ClN6S. The molecule has 8 heteroatoms. The molecule has 2 heterocycles. The summed E-state index contributed by atoms with van der Waals surface area (Å²) in [5.74, 6) is 0.677. The van der Waals surface area contributed by atoms with Crippen molar-refractivity contribution < 1.29 is 0 Å². The molecule has 0 atom stereocenters. The number of aromatic amines is 1. The number of aromatic nitrogens is 3. The summed E-state index contributed by atoms with van der Waals surface area (Å²) in [6.07, 6.45) is 3.23. The predicted octanol–water partition coefficient (Wildman–Crippen LogP) is 3.65. The number of nitrogens with zero attached hydrogens (tertiary/aromatic N) is 3. The van der Waals surface area contributed by atoms with E-state index >= 15 is 0 Å². The van der Waals surface area contributed by atoms with E-state index in [-0.39, 0.29) is 0 Å². The molecule has 3 aromatic rings. The number of anilines is 3. The minimum Gasteiger partial charge on any atom is -0.376 e. The van der Waals surface area contributed by atoms with E-state index in [9.17, 15) is 0 Å². The highest BCUT2D eigenvalue weighted by molar-refractivity contribution is 7.97. The first-order chi connectivity index (χ1) is 11.1. The molecule has 0 aliphatic heterocycles. The molecule has 0 saturated carbocycles. The van der Waals surface area contributed by atoms with Crippen molar-refractivity contribution in [1.29, 1.82) is 0 Å². The Morgan fingerprint density at radius 1 is 1.26 bits per heavy atom. The van der Waals surface area contributed by atoms with Crippen molar-refractivity contribution in [2.75, 3.05) is 31.4 Å². The van der Waals surface area contributed by atoms with Gasteiger partial charge in [-0.1, -0.05) is 11.6 Å². The van der Waals surface area contributed by atoms with Crippen molar-refractivity contribution in [2.24, 2.45) is 0 Å². The summed E-state index contributed by atoms with van der Waals surface area (Å²) < 4.78 is 3.08. The fraction of sp³-hybridized carbons (Fsp3) is 0.200. The summed E-state index contributed by atoms with van der Waals surface area (Å²) >= 11 is 7.81. The molecule has 2 aromatic heterocycles. The van der Waals surface area contributed by atoms with Crippen LogP contribution in [-0.4, -0.2) is 36.1 Å². The number of H-pyrrole nitrogens is 1. The molecule has 0 amide bonds. The number of halogens is 1. The fourth-order valence-corrected chi connectivity index (χ4v) is 3.12. The van der Waals surface area contributed by atoms with E-state index in [2.05, 4.69) is 43.2 Å². The van der Waals surface area contributed by atoms with Crippen LogP contribution >= 0.6 is 23.5 Å². The van der Waals surface area contributed by atoms with E-state index in [0.29, 0.717) is 16.5 Å². The van der Waals surface area contributed by atoms with E-state index in [0.717, 1.165) is 21.7 Å². The molecule has 23 heavy (non-hydrogen) atoms. The minimum atomic E-state index is 0.593. The number of hydrogen-bond acceptors (Lipinski definition) is 6. The Morgan fingerprint density at radius 2 is 2.09 bits per heavy atom. The number of benzene rings is 1. The van der Waals surface area contributed by atoms with Gasteiger partial charge in [-0.2, -0.15) is 0 Å². The molecule has 0 unspecified atom stereocenters.